The molecule has 7 heteroatoms. The van der Waals surface area contributed by atoms with E-state index < -0.39 is 12.0 Å². The monoisotopic (exact) mass is 304 g/mol. The summed E-state index contributed by atoms with van der Waals surface area (Å²) in [7, 11) is 0. The van der Waals surface area contributed by atoms with Crippen molar-refractivity contribution in [2.24, 2.45) is 0 Å². The molecule has 0 bridgehead atoms. The summed E-state index contributed by atoms with van der Waals surface area (Å²) in [5.74, 6) is -0.582. The SMILES string of the molecule is O=C(O)N[C@H]1C[C@H](Oc2ccc(Br)nc2F)C1. The van der Waals surface area contributed by atoms with Gasteiger partial charge in [-0.15, -0.1) is 0 Å². The number of nitrogens with zero attached hydrogens (tertiary/aromatic N) is 1. The highest BCUT2D eigenvalue weighted by molar-refractivity contribution is 9.10. The number of nitrogens with one attached hydrogen (secondary N) is 1. The maximum atomic E-state index is 13.3. The Bertz CT molecular complexity index is 438. The lowest BCUT2D eigenvalue weighted by molar-refractivity contribution is 0.0788. The van der Waals surface area contributed by atoms with Gasteiger partial charge >= 0.3 is 6.09 Å². The third-order valence-electron chi connectivity index (χ3n) is 2.50. The molecule has 5 nitrogen and oxygen atoms in total. The summed E-state index contributed by atoms with van der Waals surface area (Å²) < 4.78 is 19.1. The number of rotatable bonds is 3. The van der Waals surface area contributed by atoms with Crippen LogP contribution in [0.4, 0.5) is 9.18 Å². The molecular weight excluding hydrogens is 295 g/mol. The zero-order valence-electron chi connectivity index (χ0n) is 8.69. The first kappa shape index (κ1) is 12.1. The number of halogens is 2. The molecule has 0 spiro atoms. The highest BCUT2D eigenvalue weighted by Crippen LogP contribution is 2.27. The first-order chi connectivity index (χ1) is 8.04. The van der Waals surface area contributed by atoms with Crippen molar-refractivity contribution >= 4 is 22.0 Å². The smallest absolute Gasteiger partial charge is 0.404 e. The second-order valence-corrected chi connectivity index (χ2v) is 4.59. The molecule has 2 rings (SSSR count). The van der Waals surface area contributed by atoms with Crippen LogP contribution in [-0.2, 0) is 0 Å². The Morgan fingerprint density at radius 1 is 1.59 bits per heavy atom. The molecule has 1 fully saturated rings. The van der Waals surface area contributed by atoms with E-state index in [-0.39, 0.29) is 17.9 Å². The number of pyridine rings is 1. The summed E-state index contributed by atoms with van der Waals surface area (Å²) in [5.41, 5.74) is 0. The van der Waals surface area contributed by atoms with Crippen molar-refractivity contribution in [3.8, 4) is 5.75 Å². The Labute approximate surface area is 105 Å². The second-order valence-electron chi connectivity index (χ2n) is 3.78. The van der Waals surface area contributed by atoms with Crippen LogP contribution in [0.15, 0.2) is 16.7 Å². The molecule has 1 amide bonds. The Morgan fingerprint density at radius 3 is 2.88 bits per heavy atom. The summed E-state index contributed by atoms with van der Waals surface area (Å²) >= 11 is 3.05. The van der Waals surface area contributed by atoms with Crippen molar-refractivity contribution in [2.75, 3.05) is 0 Å². The van der Waals surface area contributed by atoms with E-state index in [0.29, 0.717) is 17.4 Å². The molecule has 1 heterocycles. The Kier molecular flexibility index (Phi) is 3.46. The third-order valence-corrected chi connectivity index (χ3v) is 2.94. The number of hydrogen-bond donors (Lipinski definition) is 2. The lowest BCUT2D eigenvalue weighted by Gasteiger charge is -2.34. The molecule has 92 valence electrons. The molecule has 0 saturated heterocycles. The average molecular weight is 305 g/mol. The van der Waals surface area contributed by atoms with Gasteiger partial charge in [-0.1, -0.05) is 0 Å². The number of carbonyl (C=O) groups is 1. The first-order valence-electron chi connectivity index (χ1n) is 5.03. The fourth-order valence-corrected chi connectivity index (χ4v) is 1.91. The van der Waals surface area contributed by atoms with Crippen molar-refractivity contribution < 1.29 is 19.0 Å². The lowest BCUT2D eigenvalue weighted by Crippen LogP contribution is -2.48. The van der Waals surface area contributed by atoms with Gasteiger partial charge in [0.25, 0.3) is 5.95 Å². The van der Waals surface area contributed by atoms with Crippen molar-refractivity contribution in [3.05, 3.63) is 22.7 Å². The van der Waals surface area contributed by atoms with Crippen molar-refractivity contribution in [3.63, 3.8) is 0 Å². The molecule has 0 atom stereocenters. The average Bonchev–Trinajstić information content (AvgIpc) is 2.17. The van der Waals surface area contributed by atoms with Crippen LogP contribution in [0, 0.1) is 5.95 Å². The van der Waals surface area contributed by atoms with Gasteiger partial charge in [0, 0.05) is 18.9 Å². The number of amides is 1. The molecule has 1 aliphatic rings. The van der Waals surface area contributed by atoms with Crippen LogP contribution < -0.4 is 10.1 Å². The minimum Gasteiger partial charge on any atom is -0.485 e. The van der Waals surface area contributed by atoms with Crippen LogP contribution in [0.2, 0.25) is 0 Å². The second kappa shape index (κ2) is 4.87. The molecule has 17 heavy (non-hydrogen) atoms. The molecule has 0 aliphatic heterocycles. The Morgan fingerprint density at radius 2 is 2.29 bits per heavy atom. The summed E-state index contributed by atoms with van der Waals surface area (Å²) in [6.45, 7) is 0. The van der Waals surface area contributed by atoms with Gasteiger partial charge in [0.05, 0.1) is 0 Å². The molecular formula is C10H10BrFN2O3. The molecule has 1 aromatic heterocycles. The van der Waals surface area contributed by atoms with Crippen LogP contribution in [-0.4, -0.2) is 28.3 Å². The van der Waals surface area contributed by atoms with Gasteiger partial charge in [0.15, 0.2) is 5.75 Å². The summed E-state index contributed by atoms with van der Waals surface area (Å²) in [5, 5.41) is 10.8. The standard InChI is InChI=1S/C10H10BrFN2O3/c11-8-2-1-7(9(12)14-8)17-6-3-5(4-6)13-10(15)16/h1-2,5-6,13H,3-4H2,(H,15,16)/t5-,6-. The molecule has 1 aromatic rings. The van der Waals surface area contributed by atoms with Gasteiger partial charge in [-0.05, 0) is 28.1 Å². The van der Waals surface area contributed by atoms with Gasteiger partial charge in [-0.2, -0.15) is 4.39 Å². The van der Waals surface area contributed by atoms with Crippen molar-refractivity contribution in [2.45, 2.75) is 25.0 Å². The van der Waals surface area contributed by atoms with Crippen LogP contribution >= 0.6 is 15.9 Å². The fraction of sp³-hybridized carbons (Fsp3) is 0.400. The topological polar surface area (TPSA) is 71.5 Å². The predicted molar refractivity (Wildman–Crippen MR) is 60.5 cm³/mol. The summed E-state index contributed by atoms with van der Waals surface area (Å²) in [4.78, 5) is 13.9. The molecule has 0 unspecified atom stereocenters. The number of hydrogen-bond acceptors (Lipinski definition) is 3. The zero-order valence-corrected chi connectivity index (χ0v) is 10.3. The van der Waals surface area contributed by atoms with E-state index in [9.17, 15) is 9.18 Å². The number of carboxylic acid groups (broad SMARTS) is 1. The van der Waals surface area contributed by atoms with E-state index in [1.807, 2.05) is 0 Å². The van der Waals surface area contributed by atoms with Gasteiger partial charge in [0.1, 0.15) is 10.7 Å². The highest BCUT2D eigenvalue weighted by Gasteiger charge is 2.32. The van der Waals surface area contributed by atoms with Crippen molar-refractivity contribution in [1.82, 2.24) is 10.3 Å². The first-order valence-corrected chi connectivity index (χ1v) is 5.82. The fourth-order valence-electron chi connectivity index (χ4n) is 1.62. The largest absolute Gasteiger partial charge is 0.485 e. The van der Waals surface area contributed by atoms with Crippen LogP contribution in [0.25, 0.3) is 0 Å². The van der Waals surface area contributed by atoms with Crippen LogP contribution in [0.3, 0.4) is 0 Å². The van der Waals surface area contributed by atoms with Gasteiger partial charge in [0.2, 0.25) is 0 Å². The van der Waals surface area contributed by atoms with Crippen molar-refractivity contribution in [1.29, 1.82) is 0 Å². The van der Waals surface area contributed by atoms with Gasteiger partial charge < -0.3 is 15.2 Å². The van der Waals surface area contributed by atoms with E-state index >= 15 is 0 Å². The normalized spacial score (nSPS) is 22.7. The highest BCUT2D eigenvalue weighted by atomic mass is 79.9. The van der Waals surface area contributed by atoms with Gasteiger partial charge in [-0.3, -0.25) is 0 Å². The van der Waals surface area contributed by atoms with Crippen LogP contribution in [0.5, 0.6) is 5.75 Å². The minimum absolute atomic E-state index is 0.0898. The van der Waals surface area contributed by atoms with Crippen LogP contribution in [0.1, 0.15) is 12.8 Å². The van der Waals surface area contributed by atoms with E-state index in [1.165, 1.54) is 6.07 Å². The van der Waals surface area contributed by atoms with Gasteiger partial charge in [-0.25, -0.2) is 9.78 Å². The van der Waals surface area contributed by atoms with E-state index in [4.69, 9.17) is 9.84 Å². The molecule has 2 N–H and O–H groups in total. The van der Waals surface area contributed by atoms with E-state index in [1.54, 1.807) is 6.07 Å². The summed E-state index contributed by atoms with van der Waals surface area (Å²) in [6.07, 6.45) is -0.127. The summed E-state index contributed by atoms with van der Waals surface area (Å²) in [6, 6.07) is 2.97. The maximum Gasteiger partial charge on any atom is 0.404 e. The molecule has 1 aliphatic carbocycles. The van der Waals surface area contributed by atoms with E-state index in [2.05, 4.69) is 26.2 Å². The Balaban J connectivity index is 1.85. The molecule has 0 aromatic carbocycles. The number of ether oxygens (including phenoxy) is 1. The Hall–Kier alpha value is -1.37. The predicted octanol–water partition coefficient (Wildman–Crippen LogP) is 2.16. The minimum atomic E-state index is -1.05. The zero-order chi connectivity index (χ0) is 12.4. The molecule has 1 saturated carbocycles. The van der Waals surface area contributed by atoms with E-state index in [0.717, 1.165) is 0 Å². The number of aromatic nitrogens is 1. The lowest BCUT2D eigenvalue weighted by atomic mass is 9.89. The maximum absolute atomic E-state index is 13.3. The third kappa shape index (κ3) is 3.06. The quantitative estimate of drug-likeness (QED) is 0.840. The molecule has 0 radical (unpaired) electrons.